The number of aryl methyl sites for hydroxylation is 1. The minimum atomic E-state index is -0.777. The van der Waals surface area contributed by atoms with Gasteiger partial charge in [0, 0.05) is 31.3 Å². The van der Waals surface area contributed by atoms with Crippen LogP contribution in [0.5, 0.6) is 11.5 Å². The van der Waals surface area contributed by atoms with Crippen LogP contribution in [0.2, 0.25) is 0 Å². The third kappa shape index (κ3) is 4.92. The Morgan fingerprint density at radius 1 is 1.16 bits per heavy atom. The van der Waals surface area contributed by atoms with Crippen molar-refractivity contribution < 1.29 is 13.9 Å². The normalized spacial score (nSPS) is 12.0. The summed E-state index contributed by atoms with van der Waals surface area (Å²) in [6, 6.07) is 9.32. The molecule has 0 aliphatic rings. The first-order chi connectivity index (χ1) is 15.5. The van der Waals surface area contributed by atoms with Crippen LogP contribution in [0.25, 0.3) is 11.0 Å². The zero-order chi connectivity index (χ0) is 22.5. The van der Waals surface area contributed by atoms with Gasteiger partial charge in [-0.05, 0) is 66.8 Å². The number of pyridine rings is 2. The number of carbonyl (C=O) groups excluding carboxylic acids is 1. The smallest absolute Gasteiger partial charge is 0.237 e. The zero-order valence-electron chi connectivity index (χ0n) is 17.6. The number of amides is 1. The summed E-state index contributed by atoms with van der Waals surface area (Å²) in [5, 5.41) is 3.62. The molecule has 32 heavy (non-hydrogen) atoms. The number of hydrogen-bond acceptors (Lipinski definition) is 5. The van der Waals surface area contributed by atoms with Gasteiger partial charge in [-0.2, -0.15) is 0 Å². The SMILES string of the molecule is Cc1c[nH]c2nccc(Oc3ccc(CC(N)C(=O)NCCc4ccncc4)cc3F)c12. The first-order valence-electron chi connectivity index (χ1n) is 10.3. The quantitative estimate of drug-likeness (QED) is 0.395. The highest BCUT2D eigenvalue weighted by molar-refractivity contribution is 5.86. The molecule has 0 spiro atoms. The lowest BCUT2D eigenvalue weighted by atomic mass is 10.1. The number of hydrogen-bond donors (Lipinski definition) is 3. The predicted octanol–water partition coefficient (Wildman–Crippen LogP) is 3.43. The number of nitrogens with zero attached hydrogens (tertiary/aromatic N) is 2. The number of ether oxygens (including phenoxy) is 1. The number of halogens is 1. The maximum Gasteiger partial charge on any atom is 0.237 e. The molecule has 3 aromatic heterocycles. The van der Waals surface area contributed by atoms with Gasteiger partial charge < -0.3 is 20.8 Å². The Bertz CT molecular complexity index is 1230. The minimum Gasteiger partial charge on any atom is -0.453 e. The molecular formula is C24H24FN5O2. The van der Waals surface area contributed by atoms with Crippen molar-refractivity contribution in [3.05, 3.63) is 83.7 Å². The number of fused-ring (bicyclic) bond motifs is 1. The molecule has 4 aromatic rings. The van der Waals surface area contributed by atoms with Gasteiger partial charge in [0.1, 0.15) is 11.4 Å². The van der Waals surface area contributed by atoms with Crippen LogP contribution in [0.1, 0.15) is 16.7 Å². The van der Waals surface area contributed by atoms with Gasteiger partial charge in [-0.25, -0.2) is 9.37 Å². The Morgan fingerprint density at radius 2 is 1.97 bits per heavy atom. The van der Waals surface area contributed by atoms with Crippen LogP contribution in [0.3, 0.4) is 0 Å². The topological polar surface area (TPSA) is 106 Å². The highest BCUT2D eigenvalue weighted by Gasteiger charge is 2.16. The molecule has 7 nitrogen and oxygen atoms in total. The van der Waals surface area contributed by atoms with Gasteiger partial charge in [-0.15, -0.1) is 0 Å². The molecule has 1 atom stereocenters. The van der Waals surface area contributed by atoms with Crippen LogP contribution < -0.4 is 15.8 Å². The summed E-state index contributed by atoms with van der Waals surface area (Å²) in [6.07, 6.45) is 7.75. The van der Waals surface area contributed by atoms with Crippen LogP contribution >= 0.6 is 0 Å². The molecule has 0 bridgehead atoms. The molecule has 1 amide bonds. The summed E-state index contributed by atoms with van der Waals surface area (Å²) in [5.41, 5.74) is 9.35. The highest BCUT2D eigenvalue weighted by Crippen LogP contribution is 2.32. The van der Waals surface area contributed by atoms with Crippen LogP contribution in [-0.2, 0) is 17.6 Å². The van der Waals surface area contributed by atoms with Crippen molar-refractivity contribution >= 4 is 16.9 Å². The molecular weight excluding hydrogens is 409 g/mol. The zero-order valence-corrected chi connectivity index (χ0v) is 17.6. The summed E-state index contributed by atoms with van der Waals surface area (Å²) in [5.74, 6) is -0.184. The van der Waals surface area contributed by atoms with Gasteiger partial charge in [0.05, 0.1) is 11.4 Å². The lowest BCUT2D eigenvalue weighted by Gasteiger charge is -2.14. The number of H-pyrrole nitrogens is 1. The molecule has 0 aliphatic heterocycles. The molecule has 164 valence electrons. The molecule has 8 heteroatoms. The average Bonchev–Trinajstić information content (AvgIpc) is 3.18. The summed E-state index contributed by atoms with van der Waals surface area (Å²) in [4.78, 5) is 23.5. The van der Waals surface area contributed by atoms with E-state index < -0.39 is 11.9 Å². The van der Waals surface area contributed by atoms with E-state index in [-0.39, 0.29) is 18.1 Å². The van der Waals surface area contributed by atoms with E-state index in [4.69, 9.17) is 10.5 Å². The molecule has 0 aliphatic carbocycles. The van der Waals surface area contributed by atoms with E-state index in [1.54, 1.807) is 36.8 Å². The van der Waals surface area contributed by atoms with Gasteiger partial charge in [0.15, 0.2) is 11.6 Å². The van der Waals surface area contributed by atoms with Crippen LogP contribution in [0, 0.1) is 12.7 Å². The number of aromatic nitrogens is 3. The number of nitrogens with two attached hydrogens (primary N) is 1. The second-order valence-electron chi connectivity index (χ2n) is 7.58. The fourth-order valence-electron chi connectivity index (χ4n) is 3.50. The van der Waals surface area contributed by atoms with Crippen LogP contribution in [0.15, 0.2) is 61.2 Å². The maximum absolute atomic E-state index is 14.7. The van der Waals surface area contributed by atoms with Crippen molar-refractivity contribution in [2.45, 2.75) is 25.8 Å². The van der Waals surface area contributed by atoms with Crippen molar-refractivity contribution in [1.82, 2.24) is 20.3 Å². The Labute approximate surface area is 184 Å². The maximum atomic E-state index is 14.7. The van der Waals surface area contributed by atoms with Crippen molar-refractivity contribution in [3.63, 3.8) is 0 Å². The average molecular weight is 433 g/mol. The largest absolute Gasteiger partial charge is 0.453 e. The van der Waals surface area contributed by atoms with Gasteiger partial charge in [0.25, 0.3) is 0 Å². The standard InChI is InChI=1S/C24H24FN5O2/c1-15-14-30-23-22(15)21(7-11-28-23)32-20-3-2-17(12-18(20)25)13-19(26)24(31)29-10-6-16-4-8-27-9-5-16/h2-5,7-9,11-12,14,19H,6,10,13,26H2,1H3,(H,28,30)(H,29,31). The van der Waals surface area contributed by atoms with Gasteiger partial charge in [-0.1, -0.05) is 6.07 Å². The fraction of sp³-hybridized carbons (Fsp3) is 0.208. The highest BCUT2D eigenvalue weighted by atomic mass is 19.1. The number of rotatable bonds is 8. The molecule has 4 N–H and O–H groups in total. The minimum absolute atomic E-state index is 0.0947. The van der Waals surface area contributed by atoms with Crippen molar-refractivity contribution in [1.29, 1.82) is 0 Å². The Morgan fingerprint density at radius 3 is 2.75 bits per heavy atom. The van der Waals surface area contributed by atoms with E-state index in [0.29, 0.717) is 29.9 Å². The monoisotopic (exact) mass is 433 g/mol. The second kappa shape index (κ2) is 9.57. The molecule has 4 rings (SSSR count). The van der Waals surface area contributed by atoms with E-state index in [2.05, 4.69) is 20.3 Å². The summed E-state index contributed by atoms with van der Waals surface area (Å²) in [6.45, 7) is 2.40. The third-order valence-electron chi connectivity index (χ3n) is 5.20. The molecule has 0 saturated heterocycles. The second-order valence-corrected chi connectivity index (χ2v) is 7.58. The van der Waals surface area contributed by atoms with Gasteiger partial charge >= 0.3 is 0 Å². The van der Waals surface area contributed by atoms with E-state index in [1.807, 2.05) is 25.3 Å². The van der Waals surface area contributed by atoms with E-state index in [9.17, 15) is 9.18 Å². The lowest BCUT2D eigenvalue weighted by Crippen LogP contribution is -2.42. The molecule has 0 fully saturated rings. The van der Waals surface area contributed by atoms with Gasteiger partial charge in [-0.3, -0.25) is 9.78 Å². The molecule has 0 radical (unpaired) electrons. The van der Waals surface area contributed by atoms with E-state index >= 15 is 0 Å². The molecule has 0 saturated carbocycles. The Balaban J connectivity index is 1.36. The van der Waals surface area contributed by atoms with Crippen molar-refractivity contribution in [2.24, 2.45) is 5.73 Å². The molecule has 1 aromatic carbocycles. The first-order valence-corrected chi connectivity index (χ1v) is 10.3. The third-order valence-corrected chi connectivity index (χ3v) is 5.20. The van der Waals surface area contributed by atoms with Crippen LogP contribution in [-0.4, -0.2) is 33.4 Å². The van der Waals surface area contributed by atoms with E-state index in [0.717, 1.165) is 16.5 Å². The Hall–Kier alpha value is -3.78. The first kappa shape index (κ1) is 21.5. The molecule has 1 unspecified atom stereocenters. The summed E-state index contributed by atoms with van der Waals surface area (Å²) in [7, 11) is 0. The predicted molar refractivity (Wildman–Crippen MR) is 120 cm³/mol. The van der Waals surface area contributed by atoms with Crippen molar-refractivity contribution in [3.8, 4) is 11.5 Å². The van der Waals surface area contributed by atoms with Crippen molar-refractivity contribution in [2.75, 3.05) is 6.54 Å². The van der Waals surface area contributed by atoms with Crippen LogP contribution in [0.4, 0.5) is 4.39 Å². The number of benzene rings is 1. The lowest BCUT2D eigenvalue weighted by molar-refractivity contribution is -0.122. The number of aromatic amines is 1. The number of nitrogens with one attached hydrogen (secondary N) is 2. The fourth-order valence-corrected chi connectivity index (χ4v) is 3.50. The van der Waals surface area contributed by atoms with Gasteiger partial charge in [0.2, 0.25) is 5.91 Å². The summed E-state index contributed by atoms with van der Waals surface area (Å²) >= 11 is 0. The summed E-state index contributed by atoms with van der Waals surface area (Å²) < 4.78 is 20.5. The number of carbonyl (C=O) groups is 1. The molecule has 3 heterocycles. The Kier molecular flexibility index (Phi) is 6.42. The van der Waals surface area contributed by atoms with E-state index in [1.165, 1.54) is 6.07 Å².